The molecular weight excluding hydrogens is 184 g/mol. The summed E-state index contributed by atoms with van der Waals surface area (Å²) in [4.78, 5) is 13.4. The summed E-state index contributed by atoms with van der Waals surface area (Å²) < 4.78 is 0. The van der Waals surface area contributed by atoms with Crippen molar-refractivity contribution in [1.29, 1.82) is 5.53 Å². The molecule has 3 atom stereocenters. The zero-order valence-corrected chi connectivity index (χ0v) is 8.10. The van der Waals surface area contributed by atoms with E-state index in [9.17, 15) is 4.79 Å². The summed E-state index contributed by atoms with van der Waals surface area (Å²) in [6, 6.07) is 0.110. The molecule has 1 aliphatic rings. The molecule has 0 saturated heterocycles. The molecule has 78 valence electrons. The summed E-state index contributed by atoms with van der Waals surface area (Å²) in [7, 11) is 0. The molecule has 0 aromatic heterocycles. The minimum atomic E-state index is -0.970. The van der Waals surface area contributed by atoms with Gasteiger partial charge in [0.25, 0.3) is 0 Å². The molecule has 0 radical (unpaired) electrons. The van der Waals surface area contributed by atoms with Crippen molar-refractivity contribution in [2.75, 3.05) is 0 Å². The number of hydrogen-bond acceptors (Lipinski definition) is 3. The molecule has 6 heteroatoms. The topological polar surface area (TPSA) is 99.6 Å². The van der Waals surface area contributed by atoms with E-state index in [1.165, 1.54) is 0 Å². The van der Waals surface area contributed by atoms with E-state index in [0.717, 1.165) is 19.3 Å². The number of hydrogen-bond donors (Lipinski definition) is 3. The number of rotatable bonds is 2. The standard InChI is InChI=1S/C8H14N4O2/c1-5-4-6(10-8(13)14)2-3-7(5)11-12-9/h5-7,9-10H,2-4H2,1H3/p+1/t5-,6-,7-/m1/s1. The van der Waals surface area contributed by atoms with E-state index < -0.39 is 6.09 Å². The third-order valence-electron chi connectivity index (χ3n) is 2.66. The van der Waals surface area contributed by atoms with Crippen molar-refractivity contribution < 1.29 is 9.90 Å². The molecule has 0 aliphatic heterocycles. The van der Waals surface area contributed by atoms with Gasteiger partial charge < -0.3 is 10.4 Å². The Morgan fingerprint density at radius 1 is 1.64 bits per heavy atom. The zero-order valence-electron chi connectivity index (χ0n) is 8.10. The molecule has 1 aliphatic carbocycles. The quantitative estimate of drug-likeness (QED) is 0.462. The van der Waals surface area contributed by atoms with Gasteiger partial charge in [-0.3, -0.25) is 0 Å². The smallest absolute Gasteiger partial charge is 0.404 e. The van der Waals surface area contributed by atoms with Crippen molar-refractivity contribution >= 4 is 6.09 Å². The van der Waals surface area contributed by atoms with Crippen LogP contribution < -0.4 is 10.2 Å². The number of amides is 1. The van der Waals surface area contributed by atoms with Crippen molar-refractivity contribution in [1.82, 2.24) is 10.2 Å². The molecule has 0 bridgehead atoms. The molecule has 3 N–H and O–H groups in total. The summed E-state index contributed by atoms with van der Waals surface area (Å²) in [5, 5.41) is 14.8. The molecule has 1 saturated carbocycles. The average Bonchev–Trinajstić information content (AvgIpc) is 2.09. The largest absolute Gasteiger partial charge is 0.465 e. The molecule has 6 nitrogen and oxygen atoms in total. The monoisotopic (exact) mass is 199 g/mol. The second kappa shape index (κ2) is 4.72. The van der Waals surface area contributed by atoms with Crippen molar-refractivity contribution in [2.24, 2.45) is 11.0 Å². The highest BCUT2D eigenvalue weighted by molar-refractivity contribution is 5.64. The van der Waals surface area contributed by atoms with Gasteiger partial charge in [0.15, 0.2) is 0 Å². The maximum Gasteiger partial charge on any atom is 0.404 e. The van der Waals surface area contributed by atoms with Crippen molar-refractivity contribution in [3.63, 3.8) is 0 Å². The summed E-state index contributed by atoms with van der Waals surface area (Å²) in [5.41, 5.74) is 6.64. The molecule has 0 aromatic rings. The van der Waals surface area contributed by atoms with Gasteiger partial charge in [-0.1, -0.05) is 6.92 Å². The fourth-order valence-corrected chi connectivity index (χ4v) is 1.93. The Hall–Kier alpha value is -1.42. The lowest BCUT2D eigenvalue weighted by Crippen LogP contribution is -2.40. The van der Waals surface area contributed by atoms with Crippen LogP contribution in [0.5, 0.6) is 0 Å². The Morgan fingerprint density at radius 2 is 2.36 bits per heavy atom. The zero-order chi connectivity index (χ0) is 10.6. The van der Waals surface area contributed by atoms with Gasteiger partial charge in [-0.05, 0) is 25.2 Å². The van der Waals surface area contributed by atoms with Gasteiger partial charge in [-0.25, -0.2) is 4.79 Å². The first-order chi connectivity index (χ1) is 6.63. The lowest BCUT2D eigenvalue weighted by atomic mass is 9.83. The Labute approximate surface area is 81.9 Å². The molecule has 14 heavy (non-hydrogen) atoms. The predicted molar refractivity (Wildman–Crippen MR) is 49.0 cm³/mol. The minimum absolute atomic E-state index is 0.0275. The first-order valence-corrected chi connectivity index (χ1v) is 4.69. The average molecular weight is 199 g/mol. The highest BCUT2D eigenvalue weighted by Crippen LogP contribution is 2.26. The molecule has 0 aromatic carbocycles. The van der Waals surface area contributed by atoms with Crippen molar-refractivity contribution in [3.05, 3.63) is 0 Å². The van der Waals surface area contributed by atoms with Crippen LogP contribution in [-0.4, -0.2) is 23.3 Å². The molecule has 1 amide bonds. The maximum atomic E-state index is 10.4. The van der Waals surface area contributed by atoms with E-state index in [1.54, 1.807) is 0 Å². The molecule has 0 heterocycles. The van der Waals surface area contributed by atoms with Gasteiger partial charge >= 0.3 is 6.09 Å². The SMILES string of the molecule is C[C@@H]1C[C@H](NC(=O)O)CC[C@H]1N=[N+]=N. The van der Waals surface area contributed by atoms with Crippen LogP contribution in [0.25, 0.3) is 0 Å². The van der Waals surface area contributed by atoms with E-state index in [2.05, 4.69) is 15.3 Å². The van der Waals surface area contributed by atoms with E-state index in [4.69, 9.17) is 10.6 Å². The third-order valence-corrected chi connectivity index (χ3v) is 2.66. The molecule has 1 rings (SSSR count). The molecule has 0 spiro atoms. The molecule has 1 fully saturated rings. The van der Waals surface area contributed by atoms with Crippen LogP contribution in [0, 0.1) is 11.4 Å². The first-order valence-electron chi connectivity index (χ1n) is 4.69. The van der Waals surface area contributed by atoms with Crippen LogP contribution in [-0.2, 0) is 0 Å². The number of nitrogens with zero attached hydrogens (tertiary/aromatic N) is 2. The van der Waals surface area contributed by atoms with Gasteiger partial charge in [0.1, 0.15) is 16.7 Å². The number of carboxylic acid groups (broad SMARTS) is 1. The Bertz CT molecular complexity index is 262. The summed E-state index contributed by atoms with van der Waals surface area (Å²) in [6.07, 6.45) is 1.38. The van der Waals surface area contributed by atoms with Crippen LogP contribution in [0.2, 0.25) is 0 Å². The van der Waals surface area contributed by atoms with Crippen LogP contribution in [0.1, 0.15) is 26.2 Å². The highest BCUT2D eigenvalue weighted by atomic mass is 16.4. The van der Waals surface area contributed by atoms with Crippen molar-refractivity contribution in [2.45, 2.75) is 38.3 Å². The Morgan fingerprint density at radius 3 is 2.86 bits per heavy atom. The van der Waals surface area contributed by atoms with E-state index in [0.29, 0.717) is 0 Å². The third kappa shape index (κ3) is 2.81. The maximum absolute atomic E-state index is 10.4. The van der Waals surface area contributed by atoms with Gasteiger partial charge in [0.05, 0.1) is 0 Å². The minimum Gasteiger partial charge on any atom is -0.465 e. The predicted octanol–water partition coefficient (Wildman–Crippen LogP) is 1.36. The second-order valence-corrected chi connectivity index (χ2v) is 3.72. The summed E-state index contributed by atoms with van der Waals surface area (Å²) in [6.45, 7) is 2.01. The molecule has 0 unspecified atom stereocenters. The van der Waals surface area contributed by atoms with Crippen LogP contribution in [0.3, 0.4) is 0 Å². The lowest BCUT2D eigenvalue weighted by molar-refractivity contribution is 0.179. The van der Waals surface area contributed by atoms with Crippen LogP contribution in [0.4, 0.5) is 4.79 Å². The second-order valence-electron chi connectivity index (χ2n) is 3.72. The lowest BCUT2D eigenvalue weighted by Gasteiger charge is -2.28. The van der Waals surface area contributed by atoms with E-state index in [-0.39, 0.29) is 18.0 Å². The number of carbonyl (C=O) groups is 1. The fourth-order valence-electron chi connectivity index (χ4n) is 1.93. The van der Waals surface area contributed by atoms with E-state index >= 15 is 0 Å². The summed E-state index contributed by atoms with van der Waals surface area (Å²) in [5.74, 6) is 0.287. The van der Waals surface area contributed by atoms with E-state index in [1.807, 2.05) is 6.92 Å². The van der Waals surface area contributed by atoms with Crippen molar-refractivity contribution in [3.8, 4) is 0 Å². The number of nitrogens with one attached hydrogen (secondary N) is 2. The van der Waals surface area contributed by atoms with Gasteiger partial charge in [0.2, 0.25) is 4.91 Å². The molecular formula is C8H15N4O2+. The van der Waals surface area contributed by atoms with Gasteiger partial charge in [0, 0.05) is 6.04 Å². The van der Waals surface area contributed by atoms with Gasteiger partial charge in [-0.15, -0.1) is 0 Å². The summed E-state index contributed by atoms with van der Waals surface area (Å²) >= 11 is 0. The Balaban J connectivity index is 2.46. The first kappa shape index (κ1) is 10.7. The van der Waals surface area contributed by atoms with Crippen LogP contribution in [0.15, 0.2) is 5.11 Å². The highest BCUT2D eigenvalue weighted by Gasteiger charge is 2.31. The Kier molecular flexibility index (Phi) is 3.59. The normalized spacial score (nSPS) is 31.6. The van der Waals surface area contributed by atoms with Gasteiger partial charge in [-0.2, -0.15) is 0 Å². The van der Waals surface area contributed by atoms with Crippen LogP contribution >= 0.6 is 0 Å². The fraction of sp³-hybridized carbons (Fsp3) is 0.875.